The molecule has 0 bridgehead atoms. The van der Waals surface area contributed by atoms with E-state index in [4.69, 9.17) is 0 Å². The van der Waals surface area contributed by atoms with Gasteiger partial charge in [0.25, 0.3) is 5.91 Å². The predicted octanol–water partition coefficient (Wildman–Crippen LogP) is 1.91. The molecule has 0 aliphatic heterocycles. The Bertz CT molecular complexity index is 411. The number of aryl methyl sites for hydroxylation is 1. The van der Waals surface area contributed by atoms with Gasteiger partial charge in [0.05, 0.1) is 6.10 Å². The SMILES string of the molecule is CCCn1cc(Br)cc1C(=O)NC1CC(O)C1. The fourth-order valence-corrected chi connectivity index (χ4v) is 2.52. The summed E-state index contributed by atoms with van der Waals surface area (Å²) in [7, 11) is 0. The minimum absolute atomic E-state index is 0.0546. The van der Waals surface area contributed by atoms with Gasteiger partial charge < -0.3 is 15.0 Å². The van der Waals surface area contributed by atoms with Crippen molar-refractivity contribution in [3.05, 3.63) is 22.4 Å². The Kier molecular flexibility index (Phi) is 3.89. The molecule has 0 radical (unpaired) electrons. The average Bonchev–Trinajstić information content (AvgIpc) is 2.58. The van der Waals surface area contributed by atoms with Gasteiger partial charge in [-0.2, -0.15) is 0 Å². The molecule has 1 aliphatic rings. The fraction of sp³-hybridized carbons (Fsp3) is 0.583. The van der Waals surface area contributed by atoms with E-state index in [1.165, 1.54) is 0 Å². The van der Waals surface area contributed by atoms with E-state index in [1.54, 1.807) is 0 Å². The van der Waals surface area contributed by atoms with Gasteiger partial charge >= 0.3 is 0 Å². The molecule has 17 heavy (non-hydrogen) atoms. The first-order chi connectivity index (χ1) is 8.10. The smallest absolute Gasteiger partial charge is 0.268 e. The largest absolute Gasteiger partial charge is 0.393 e. The molecular formula is C12H17BrN2O2. The van der Waals surface area contributed by atoms with E-state index in [-0.39, 0.29) is 18.1 Å². The van der Waals surface area contributed by atoms with Crippen LogP contribution in [0.4, 0.5) is 0 Å². The van der Waals surface area contributed by atoms with E-state index < -0.39 is 0 Å². The molecule has 0 atom stereocenters. The van der Waals surface area contributed by atoms with Crippen LogP contribution < -0.4 is 5.32 Å². The number of rotatable bonds is 4. The highest BCUT2D eigenvalue weighted by molar-refractivity contribution is 9.10. The third-order valence-corrected chi connectivity index (χ3v) is 3.44. The summed E-state index contributed by atoms with van der Waals surface area (Å²) in [6.07, 6.45) is 4.01. The number of aromatic nitrogens is 1. The molecule has 0 aromatic carbocycles. The van der Waals surface area contributed by atoms with Crippen LogP contribution in [-0.4, -0.2) is 27.7 Å². The quantitative estimate of drug-likeness (QED) is 0.892. The van der Waals surface area contributed by atoms with Crippen LogP contribution in [0.1, 0.15) is 36.7 Å². The molecule has 2 rings (SSSR count). The van der Waals surface area contributed by atoms with Crippen molar-refractivity contribution in [3.8, 4) is 0 Å². The summed E-state index contributed by atoms with van der Waals surface area (Å²) in [6, 6.07) is 1.96. The van der Waals surface area contributed by atoms with Crippen LogP contribution in [0.25, 0.3) is 0 Å². The Labute approximate surface area is 109 Å². The third kappa shape index (κ3) is 2.90. The summed E-state index contributed by atoms with van der Waals surface area (Å²) in [5.74, 6) is -0.0546. The predicted molar refractivity (Wildman–Crippen MR) is 68.9 cm³/mol. The molecule has 0 spiro atoms. The van der Waals surface area contributed by atoms with Crippen molar-refractivity contribution in [2.75, 3.05) is 0 Å². The number of hydrogen-bond acceptors (Lipinski definition) is 2. The first kappa shape index (κ1) is 12.6. The van der Waals surface area contributed by atoms with E-state index in [2.05, 4.69) is 28.2 Å². The Morgan fingerprint density at radius 3 is 2.94 bits per heavy atom. The van der Waals surface area contributed by atoms with Crippen molar-refractivity contribution in [2.45, 2.75) is 44.9 Å². The van der Waals surface area contributed by atoms with Gasteiger partial charge in [0.15, 0.2) is 0 Å². The number of halogens is 1. The number of carbonyl (C=O) groups excluding carboxylic acids is 1. The Balaban J connectivity index is 2.02. The van der Waals surface area contributed by atoms with Crippen molar-refractivity contribution in [1.29, 1.82) is 0 Å². The normalized spacial score (nSPS) is 23.2. The lowest BCUT2D eigenvalue weighted by molar-refractivity contribution is 0.0559. The number of aliphatic hydroxyl groups is 1. The molecule has 4 nitrogen and oxygen atoms in total. The van der Waals surface area contributed by atoms with Crippen molar-refractivity contribution in [3.63, 3.8) is 0 Å². The monoisotopic (exact) mass is 300 g/mol. The zero-order valence-electron chi connectivity index (χ0n) is 9.82. The molecule has 1 amide bonds. The van der Waals surface area contributed by atoms with E-state index in [0.717, 1.165) is 17.4 Å². The molecule has 1 heterocycles. The number of nitrogens with zero attached hydrogens (tertiary/aromatic N) is 1. The van der Waals surface area contributed by atoms with Gasteiger partial charge in [-0.15, -0.1) is 0 Å². The molecule has 1 aromatic rings. The van der Waals surface area contributed by atoms with E-state index in [1.807, 2.05) is 16.8 Å². The highest BCUT2D eigenvalue weighted by Gasteiger charge is 2.29. The topological polar surface area (TPSA) is 54.3 Å². The molecule has 0 unspecified atom stereocenters. The van der Waals surface area contributed by atoms with Crippen molar-refractivity contribution >= 4 is 21.8 Å². The van der Waals surface area contributed by atoms with Crippen molar-refractivity contribution in [2.24, 2.45) is 0 Å². The van der Waals surface area contributed by atoms with Crippen molar-refractivity contribution in [1.82, 2.24) is 9.88 Å². The van der Waals surface area contributed by atoms with E-state index in [0.29, 0.717) is 18.5 Å². The third-order valence-electron chi connectivity index (χ3n) is 3.01. The van der Waals surface area contributed by atoms with Crippen LogP contribution >= 0.6 is 15.9 Å². The zero-order chi connectivity index (χ0) is 12.4. The maximum atomic E-state index is 12.0. The summed E-state index contributed by atoms with van der Waals surface area (Å²) < 4.78 is 2.87. The van der Waals surface area contributed by atoms with Gasteiger partial charge in [-0.05, 0) is 41.3 Å². The van der Waals surface area contributed by atoms with E-state index >= 15 is 0 Å². The van der Waals surface area contributed by atoms with Gasteiger partial charge in [-0.1, -0.05) is 6.92 Å². The van der Waals surface area contributed by atoms with Crippen LogP contribution in [0.5, 0.6) is 0 Å². The second-order valence-corrected chi connectivity index (χ2v) is 5.45. The molecule has 1 aromatic heterocycles. The van der Waals surface area contributed by atoms with Gasteiger partial charge in [0.2, 0.25) is 0 Å². The first-order valence-electron chi connectivity index (χ1n) is 5.94. The maximum Gasteiger partial charge on any atom is 0.268 e. The highest BCUT2D eigenvalue weighted by atomic mass is 79.9. The molecule has 1 saturated carbocycles. The number of nitrogens with one attached hydrogen (secondary N) is 1. The fourth-order valence-electron chi connectivity index (χ4n) is 2.06. The average molecular weight is 301 g/mol. The molecule has 94 valence electrons. The molecule has 0 saturated heterocycles. The minimum atomic E-state index is -0.241. The molecule has 5 heteroatoms. The molecular weight excluding hydrogens is 284 g/mol. The highest BCUT2D eigenvalue weighted by Crippen LogP contribution is 2.21. The van der Waals surface area contributed by atoms with Crippen molar-refractivity contribution < 1.29 is 9.90 Å². The summed E-state index contributed by atoms with van der Waals surface area (Å²) >= 11 is 3.39. The second-order valence-electron chi connectivity index (χ2n) is 4.53. The Morgan fingerprint density at radius 2 is 2.35 bits per heavy atom. The van der Waals surface area contributed by atoms with Crippen LogP contribution in [0.15, 0.2) is 16.7 Å². The summed E-state index contributed by atoms with van der Waals surface area (Å²) in [5.41, 5.74) is 0.681. The minimum Gasteiger partial charge on any atom is -0.393 e. The Hall–Kier alpha value is -0.810. The number of carbonyl (C=O) groups is 1. The lowest BCUT2D eigenvalue weighted by atomic mass is 9.89. The lowest BCUT2D eigenvalue weighted by Crippen LogP contribution is -2.47. The Morgan fingerprint density at radius 1 is 1.65 bits per heavy atom. The van der Waals surface area contributed by atoms with Gasteiger partial charge in [0.1, 0.15) is 5.69 Å². The first-order valence-corrected chi connectivity index (χ1v) is 6.74. The van der Waals surface area contributed by atoms with Gasteiger partial charge in [0, 0.05) is 23.3 Å². The summed E-state index contributed by atoms with van der Waals surface area (Å²) in [5, 5.41) is 12.1. The number of aliphatic hydroxyl groups excluding tert-OH is 1. The van der Waals surface area contributed by atoms with Gasteiger partial charge in [-0.3, -0.25) is 4.79 Å². The molecule has 1 fully saturated rings. The molecule has 2 N–H and O–H groups in total. The van der Waals surface area contributed by atoms with Crippen LogP contribution in [0.3, 0.4) is 0 Å². The zero-order valence-corrected chi connectivity index (χ0v) is 11.4. The van der Waals surface area contributed by atoms with Gasteiger partial charge in [-0.25, -0.2) is 0 Å². The van der Waals surface area contributed by atoms with Crippen LogP contribution in [-0.2, 0) is 6.54 Å². The van der Waals surface area contributed by atoms with Crippen LogP contribution in [0.2, 0.25) is 0 Å². The molecule has 1 aliphatic carbocycles. The second kappa shape index (κ2) is 5.23. The number of amides is 1. The summed E-state index contributed by atoms with van der Waals surface area (Å²) in [6.45, 7) is 2.92. The van der Waals surface area contributed by atoms with E-state index in [9.17, 15) is 9.90 Å². The number of hydrogen-bond donors (Lipinski definition) is 2. The lowest BCUT2D eigenvalue weighted by Gasteiger charge is -2.31. The maximum absolute atomic E-state index is 12.0. The van der Waals surface area contributed by atoms with Crippen LogP contribution in [0, 0.1) is 0 Å². The standard InChI is InChI=1S/C12H17BrN2O2/c1-2-3-15-7-8(13)4-11(15)12(17)14-9-5-10(16)6-9/h4,7,9-10,16H,2-3,5-6H2,1H3,(H,14,17). The summed E-state index contributed by atoms with van der Waals surface area (Å²) in [4.78, 5) is 12.0.